The van der Waals surface area contributed by atoms with Crippen LogP contribution >= 0.6 is 11.6 Å². The number of hydrogen-bond donors (Lipinski definition) is 0. The topological polar surface area (TPSA) is 27.7 Å². The summed E-state index contributed by atoms with van der Waals surface area (Å²) in [6.07, 6.45) is 2.89. The first kappa shape index (κ1) is 14.2. The van der Waals surface area contributed by atoms with Gasteiger partial charge in [-0.1, -0.05) is 0 Å². The maximum absolute atomic E-state index is 5.94. The lowest BCUT2D eigenvalue weighted by atomic mass is 10.2. The first-order chi connectivity index (χ1) is 6.81. The Balaban J connectivity index is 2.98. The number of ether oxygens (including phenoxy) is 3. The summed E-state index contributed by atoms with van der Waals surface area (Å²) in [6, 6.07) is 0. The molecule has 0 aromatic carbocycles. The van der Waals surface area contributed by atoms with Crippen molar-refractivity contribution in [2.75, 3.05) is 40.6 Å². The van der Waals surface area contributed by atoms with Crippen LogP contribution in [0.25, 0.3) is 0 Å². The minimum absolute atomic E-state index is 0.113. The molecule has 3 nitrogen and oxygen atoms in total. The highest BCUT2D eigenvalue weighted by Gasteiger charge is 2.02. The molecule has 0 saturated heterocycles. The highest BCUT2D eigenvalue weighted by atomic mass is 35.5. The van der Waals surface area contributed by atoms with Crippen LogP contribution in [0.4, 0.5) is 0 Å². The van der Waals surface area contributed by atoms with Gasteiger partial charge in [0.05, 0.1) is 12.0 Å². The van der Waals surface area contributed by atoms with Crippen LogP contribution in [0, 0.1) is 0 Å². The van der Waals surface area contributed by atoms with E-state index in [2.05, 4.69) is 0 Å². The Labute approximate surface area is 91.7 Å². The lowest BCUT2D eigenvalue weighted by Crippen LogP contribution is -2.09. The Bertz CT molecular complexity index is 112. The molecule has 0 rings (SSSR count). The Morgan fingerprint density at radius 2 is 1.71 bits per heavy atom. The van der Waals surface area contributed by atoms with Crippen LogP contribution in [-0.4, -0.2) is 46.0 Å². The third-order valence-electron chi connectivity index (χ3n) is 1.79. The second-order valence-corrected chi connectivity index (χ2v) is 3.77. The molecule has 1 atom stereocenters. The average molecular weight is 225 g/mol. The van der Waals surface area contributed by atoms with E-state index in [1.165, 1.54) is 0 Å². The van der Waals surface area contributed by atoms with Gasteiger partial charge in [-0.3, -0.25) is 0 Å². The third kappa shape index (κ3) is 10.3. The molecule has 0 saturated carbocycles. The summed E-state index contributed by atoms with van der Waals surface area (Å²) in [6.45, 7) is 2.93. The summed E-state index contributed by atoms with van der Waals surface area (Å²) in [7, 11) is 3.36. The summed E-state index contributed by atoms with van der Waals surface area (Å²) in [5, 5.41) is 0.113. The second-order valence-electron chi connectivity index (χ2n) is 3.15. The minimum Gasteiger partial charge on any atom is -0.385 e. The van der Waals surface area contributed by atoms with Gasteiger partial charge < -0.3 is 14.2 Å². The van der Waals surface area contributed by atoms with Crippen LogP contribution in [0.1, 0.15) is 19.3 Å². The molecule has 0 aliphatic rings. The number of rotatable bonds is 10. The van der Waals surface area contributed by atoms with Gasteiger partial charge in [-0.15, -0.1) is 11.6 Å². The average Bonchev–Trinajstić information content (AvgIpc) is 2.17. The molecular weight excluding hydrogens is 204 g/mol. The molecule has 0 radical (unpaired) electrons. The maximum atomic E-state index is 5.94. The third-order valence-corrected chi connectivity index (χ3v) is 2.13. The van der Waals surface area contributed by atoms with Gasteiger partial charge >= 0.3 is 0 Å². The molecule has 4 heteroatoms. The van der Waals surface area contributed by atoms with E-state index in [0.717, 1.165) is 39.1 Å². The van der Waals surface area contributed by atoms with Crippen molar-refractivity contribution in [3.8, 4) is 0 Å². The quantitative estimate of drug-likeness (QED) is 0.420. The summed E-state index contributed by atoms with van der Waals surface area (Å²) in [4.78, 5) is 0. The highest BCUT2D eigenvalue weighted by Crippen LogP contribution is 2.05. The van der Waals surface area contributed by atoms with Gasteiger partial charge in [0.15, 0.2) is 0 Å². The van der Waals surface area contributed by atoms with E-state index in [0.29, 0.717) is 6.61 Å². The Kier molecular flexibility index (Phi) is 11.4. The van der Waals surface area contributed by atoms with Gasteiger partial charge in [0.2, 0.25) is 0 Å². The van der Waals surface area contributed by atoms with Crippen LogP contribution < -0.4 is 0 Å². The molecule has 0 spiro atoms. The van der Waals surface area contributed by atoms with E-state index in [-0.39, 0.29) is 5.38 Å². The van der Waals surface area contributed by atoms with Crippen molar-refractivity contribution >= 4 is 11.6 Å². The fraction of sp³-hybridized carbons (Fsp3) is 1.00. The minimum atomic E-state index is 0.113. The standard InChI is InChI=1S/C10H21ClO3/c1-12-6-4-8-14-7-3-5-10(11)9-13-2/h10H,3-9H2,1-2H3. The molecule has 0 N–H and O–H groups in total. The number of methoxy groups -OCH3 is 2. The van der Waals surface area contributed by atoms with Crippen molar-refractivity contribution in [1.82, 2.24) is 0 Å². The van der Waals surface area contributed by atoms with Crippen molar-refractivity contribution in [1.29, 1.82) is 0 Å². The van der Waals surface area contributed by atoms with Crippen LogP contribution in [-0.2, 0) is 14.2 Å². The fourth-order valence-electron chi connectivity index (χ4n) is 1.08. The highest BCUT2D eigenvalue weighted by molar-refractivity contribution is 6.20. The molecule has 0 heterocycles. The maximum Gasteiger partial charge on any atom is 0.0626 e. The summed E-state index contributed by atoms with van der Waals surface area (Å²) < 4.78 is 15.2. The van der Waals surface area contributed by atoms with E-state index in [1.54, 1.807) is 14.2 Å². The van der Waals surface area contributed by atoms with E-state index in [4.69, 9.17) is 25.8 Å². The second kappa shape index (κ2) is 11.2. The van der Waals surface area contributed by atoms with Crippen LogP contribution in [0.15, 0.2) is 0 Å². The molecule has 0 aliphatic heterocycles. The number of hydrogen-bond acceptors (Lipinski definition) is 3. The van der Waals surface area contributed by atoms with Gasteiger partial charge in [-0.25, -0.2) is 0 Å². The molecule has 0 aromatic rings. The van der Waals surface area contributed by atoms with Gasteiger partial charge in [0, 0.05) is 34.0 Å². The van der Waals surface area contributed by atoms with Crippen molar-refractivity contribution in [2.24, 2.45) is 0 Å². The van der Waals surface area contributed by atoms with Crippen molar-refractivity contribution in [3.63, 3.8) is 0 Å². The van der Waals surface area contributed by atoms with Gasteiger partial charge in [0.25, 0.3) is 0 Å². The SMILES string of the molecule is COCCCOCCCC(Cl)COC. The predicted molar refractivity (Wildman–Crippen MR) is 58.1 cm³/mol. The summed E-state index contributed by atoms with van der Waals surface area (Å²) in [5.74, 6) is 0. The molecule has 14 heavy (non-hydrogen) atoms. The molecule has 0 aliphatic carbocycles. The Morgan fingerprint density at radius 1 is 1.00 bits per heavy atom. The van der Waals surface area contributed by atoms with Gasteiger partial charge in [-0.05, 0) is 19.3 Å². The molecule has 0 amide bonds. The zero-order valence-corrected chi connectivity index (χ0v) is 9.89. The van der Waals surface area contributed by atoms with E-state index >= 15 is 0 Å². The normalized spacial score (nSPS) is 13.1. The first-order valence-electron chi connectivity index (χ1n) is 5.01. The lowest BCUT2D eigenvalue weighted by molar-refractivity contribution is 0.0988. The predicted octanol–water partition coefficient (Wildman–Crippen LogP) is 2.07. The summed E-state index contributed by atoms with van der Waals surface area (Å²) in [5.41, 5.74) is 0. The lowest BCUT2D eigenvalue weighted by Gasteiger charge is -2.08. The molecular formula is C10H21ClO3. The zero-order valence-electron chi connectivity index (χ0n) is 9.13. The van der Waals surface area contributed by atoms with E-state index in [1.807, 2.05) is 0 Å². The first-order valence-corrected chi connectivity index (χ1v) is 5.44. The summed E-state index contributed by atoms with van der Waals surface area (Å²) >= 11 is 5.94. The Morgan fingerprint density at radius 3 is 2.36 bits per heavy atom. The van der Waals surface area contributed by atoms with Crippen LogP contribution in [0.2, 0.25) is 0 Å². The van der Waals surface area contributed by atoms with Crippen molar-refractivity contribution in [3.05, 3.63) is 0 Å². The monoisotopic (exact) mass is 224 g/mol. The molecule has 0 bridgehead atoms. The van der Waals surface area contributed by atoms with E-state index in [9.17, 15) is 0 Å². The number of alkyl halides is 1. The van der Waals surface area contributed by atoms with Crippen molar-refractivity contribution in [2.45, 2.75) is 24.6 Å². The fourth-order valence-corrected chi connectivity index (χ4v) is 1.36. The molecule has 0 fully saturated rings. The Hall–Kier alpha value is 0.170. The molecule has 1 unspecified atom stereocenters. The number of halogens is 1. The molecule has 86 valence electrons. The largest absolute Gasteiger partial charge is 0.385 e. The molecule has 0 aromatic heterocycles. The van der Waals surface area contributed by atoms with Crippen LogP contribution in [0.3, 0.4) is 0 Å². The zero-order chi connectivity index (χ0) is 10.6. The van der Waals surface area contributed by atoms with E-state index < -0.39 is 0 Å². The van der Waals surface area contributed by atoms with Gasteiger partial charge in [0.1, 0.15) is 0 Å². The van der Waals surface area contributed by atoms with Crippen molar-refractivity contribution < 1.29 is 14.2 Å². The van der Waals surface area contributed by atoms with Crippen LogP contribution in [0.5, 0.6) is 0 Å². The smallest absolute Gasteiger partial charge is 0.0626 e. The van der Waals surface area contributed by atoms with Gasteiger partial charge in [-0.2, -0.15) is 0 Å².